The van der Waals surface area contributed by atoms with Crippen molar-refractivity contribution in [2.24, 2.45) is 11.8 Å². The second-order valence-electron chi connectivity index (χ2n) is 6.72. The first kappa shape index (κ1) is 13.7. The van der Waals surface area contributed by atoms with Crippen LogP contribution < -0.4 is 5.32 Å². The molecule has 2 N–H and O–H groups in total. The number of piperidine rings is 1. The highest BCUT2D eigenvalue weighted by Gasteiger charge is 2.45. The highest BCUT2D eigenvalue weighted by atomic mass is 16.4. The Labute approximate surface area is 119 Å². The summed E-state index contributed by atoms with van der Waals surface area (Å²) in [6.07, 6.45) is 6.99. The summed E-state index contributed by atoms with van der Waals surface area (Å²) in [5.74, 6) is 0.184. The molecule has 5 nitrogen and oxygen atoms in total. The van der Waals surface area contributed by atoms with E-state index in [4.69, 9.17) is 0 Å². The van der Waals surface area contributed by atoms with E-state index in [1.165, 1.54) is 6.42 Å². The predicted octanol–water partition coefficient (Wildman–Crippen LogP) is 2.21. The molecule has 3 fully saturated rings. The SMILES string of the molecule is CC1CC1NC(=O)N1C(C(=O)O)CCC2CCCCC21. The van der Waals surface area contributed by atoms with Crippen LogP contribution in [0.2, 0.25) is 0 Å². The summed E-state index contributed by atoms with van der Waals surface area (Å²) in [6.45, 7) is 2.11. The molecule has 2 amide bonds. The van der Waals surface area contributed by atoms with Crippen molar-refractivity contribution in [1.82, 2.24) is 10.2 Å². The van der Waals surface area contributed by atoms with E-state index in [2.05, 4.69) is 12.2 Å². The van der Waals surface area contributed by atoms with Gasteiger partial charge in [-0.05, 0) is 43.9 Å². The van der Waals surface area contributed by atoms with Crippen LogP contribution in [0.1, 0.15) is 51.9 Å². The number of carbonyl (C=O) groups excluding carboxylic acids is 1. The quantitative estimate of drug-likeness (QED) is 0.814. The fourth-order valence-corrected chi connectivity index (χ4v) is 3.92. The van der Waals surface area contributed by atoms with Crippen molar-refractivity contribution < 1.29 is 14.7 Å². The Bertz CT molecular complexity index is 412. The lowest BCUT2D eigenvalue weighted by atomic mass is 9.76. The van der Waals surface area contributed by atoms with Gasteiger partial charge in [-0.2, -0.15) is 0 Å². The molecule has 0 bridgehead atoms. The largest absolute Gasteiger partial charge is 0.480 e. The van der Waals surface area contributed by atoms with Gasteiger partial charge < -0.3 is 15.3 Å². The number of carboxylic acid groups (broad SMARTS) is 1. The van der Waals surface area contributed by atoms with Gasteiger partial charge in [0.05, 0.1) is 0 Å². The Morgan fingerprint density at radius 2 is 1.85 bits per heavy atom. The molecule has 0 aromatic rings. The minimum atomic E-state index is -0.854. The number of aliphatic carboxylic acids is 1. The van der Waals surface area contributed by atoms with E-state index in [0.29, 0.717) is 18.3 Å². The lowest BCUT2D eigenvalue weighted by Gasteiger charge is -2.47. The molecule has 2 saturated carbocycles. The van der Waals surface area contributed by atoms with Gasteiger partial charge in [-0.15, -0.1) is 0 Å². The number of hydrogen-bond acceptors (Lipinski definition) is 2. The standard InChI is InChI=1S/C15H24N2O3/c1-9-8-11(9)16-15(20)17-12-5-3-2-4-10(12)6-7-13(17)14(18)19/h9-13H,2-8H2,1H3,(H,16,20)(H,18,19). The number of hydrogen-bond donors (Lipinski definition) is 2. The van der Waals surface area contributed by atoms with Crippen molar-refractivity contribution in [2.75, 3.05) is 0 Å². The van der Waals surface area contributed by atoms with Crippen LogP contribution in [0, 0.1) is 11.8 Å². The van der Waals surface area contributed by atoms with Gasteiger partial charge in [-0.3, -0.25) is 0 Å². The number of urea groups is 1. The molecule has 0 aromatic carbocycles. The van der Waals surface area contributed by atoms with Crippen molar-refractivity contribution in [2.45, 2.75) is 70.0 Å². The normalized spacial score (nSPS) is 39.9. The van der Waals surface area contributed by atoms with Crippen molar-refractivity contribution >= 4 is 12.0 Å². The van der Waals surface area contributed by atoms with Crippen molar-refractivity contribution in [3.8, 4) is 0 Å². The van der Waals surface area contributed by atoms with Crippen LogP contribution in [-0.2, 0) is 4.79 Å². The monoisotopic (exact) mass is 280 g/mol. The minimum absolute atomic E-state index is 0.132. The average molecular weight is 280 g/mol. The topological polar surface area (TPSA) is 69.6 Å². The Kier molecular flexibility index (Phi) is 3.61. The lowest BCUT2D eigenvalue weighted by molar-refractivity contribution is -0.145. The van der Waals surface area contributed by atoms with Gasteiger partial charge in [-0.1, -0.05) is 19.8 Å². The second kappa shape index (κ2) is 5.26. The number of likely N-dealkylation sites (tertiary alicyclic amines) is 1. The minimum Gasteiger partial charge on any atom is -0.480 e. The molecule has 112 valence electrons. The fourth-order valence-electron chi connectivity index (χ4n) is 3.92. The van der Waals surface area contributed by atoms with Crippen LogP contribution in [-0.4, -0.2) is 40.1 Å². The van der Waals surface area contributed by atoms with Crippen molar-refractivity contribution in [3.63, 3.8) is 0 Å². The van der Waals surface area contributed by atoms with E-state index in [0.717, 1.165) is 32.1 Å². The summed E-state index contributed by atoms with van der Waals surface area (Å²) in [7, 11) is 0. The number of carbonyl (C=O) groups is 2. The summed E-state index contributed by atoms with van der Waals surface area (Å²) in [5.41, 5.74) is 0. The zero-order chi connectivity index (χ0) is 14.3. The average Bonchev–Trinajstić information content (AvgIpc) is 3.12. The van der Waals surface area contributed by atoms with E-state index in [1.807, 2.05) is 0 Å². The van der Waals surface area contributed by atoms with E-state index in [-0.39, 0.29) is 18.1 Å². The summed E-state index contributed by atoms with van der Waals surface area (Å²) in [4.78, 5) is 25.7. The summed E-state index contributed by atoms with van der Waals surface area (Å²) < 4.78 is 0. The molecule has 0 spiro atoms. The summed E-state index contributed by atoms with van der Waals surface area (Å²) in [5, 5.41) is 12.4. The molecule has 5 atom stereocenters. The molecule has 3 rings (SSSR count). The number of nitrogens with one attached hydrogen (secondary N) is 1. The molecule has 0 aromatic heterocycles. The molecule has 20 heavy (non-hydrogen) atoms. The Hall–Kier alpha value is -1.26. The van der Waals surface area contributed by atoms with Crippen LogP contribution in [0.4, 0.5) is 4.79 Å². The molecule has 5 heteroatoms. The van der Waals surface area contributed by atoms with Gasteiger partial charge in [0, 0.05) is 12.1 Å². The van der Waals surface area contributed by atoms with Crippen LogP contribution in [0.3, 0.4) is 0 Å². The maximum absolute atomic E-state index is 12.5. The van der Waals surface area contributed by atoms with E-state index < -0.39 is 12.0 Å². The fraction of sp³-hybridized carbons (Fsp3) is 0.867. The second-order valence-corrected chi connectivity index (χ2v) is 6.72. The Morgan fingerprint density at radius 3 is 2.50 bits per heavy atom. The molecule has 1 saturated heterocycles. The predicted molar refractivity (Wildman–Crippen MR) is 74.3 cm³/mol. The number of fused-ring (bicyclic) bond motifs is 1. The van der Waals surface area contributed by atoms with Gasteiger partial charge >= 0.3 is 12.0 Å². The first-order valence-electron chi connectivity index (χ1n) is 7.89. The number of amides is 2. The molecular weight excluding hydrogens is 256 g/mol. The molecule has 1 heterocycles. The van der Waals surface area contributed by atoms with Gasteiger partial charge in [0.1, 0.15) is 6.04 Å². The molecule has 3 aliphatic rings. The molecular formula is C15H24N2O3. The summed E-state index contributed by atoms with van der Waals surface area (Å²) in [6, 6.07) is -0.402. The van der Waals surface area contributed by atoms with Gasteiger partial charge in [0.25, 0.3) is 0 Å². The lowest BCUT2D eigenvalue weighted by Crippen LogP contribution is -2.60. The first-order valence-corrected chi connectivity index (χ1v) is 7.89. The highest BCUT2D eigenvalue weighted by molar-refractivity contribution is 5.83. The van der Waals surface area contributed by atoms with E-state index >= 15 is 0 Å². The van der Waals surface area contributed by atoms with Crippen LogP contribution >= 0.6 is 0 Å². The molecule has 5 unspecified atom stereocenters. The zero-order valence-corrected chi connectivity index (χ0v) is 12.0. The van der Waals surface area contributed by atoms with Gasteiger partial charge in [0.15, 0.2) is 0 Å². The molecule has 1 aliphatic heterocycles. The van der Waals surface area contributed by atoms with Crippen molar-refractivity contribution in [1.29, 1.82) is 0 Å². The van der Waals surface area contributed by atoms with Gasteiger partial charge in [0.2, 0.25) is 0 Å². The van der Waals surface area contributed by atoms with E-state index in [1.54, 1.807) is 4.90 Å². The smallest absolute Gasteiger partial charge is 0.326 e. The maximum atomic E-state index is 12.5. The van der Waals surface area contributed by atoms with Crippen LogP contribution in [0.25, 0.3) is 0 Å². The number of nitrogens with zero attached hydrogens (tertiary/aromatic N) is 1. The highest BCUT2D eigenvalue weighted by Crippen LogP contribution is 2.38. The molecule has 0 radical (unpaired) electrons. The third-order valence-electron chi connectivity index (χ3n) is 5.31. The Morgan fingerprint density at radius 1 is 1.15 bits per heavy atom. The van der Waals surface area contributed by atoms with Gasteiger partial charge in [-0.25, -0.2) is 9.59 Å². The third-order valence-corrected chi connectivity index (χ3v) is 5.31. The van der Waals surface area contributed by atoms with Crippen molar-refractivity contribution in [3.05, 3.63) is 0 Å². The number of carboxylic acids is 1. The molecule has 2 aliphatic carbocycles. The maximum Gasteiger partial charge on any atom is 0.326 e. The van der Waals surface area contributed by atoms with E-state index in [9.17, 15) is 14.7 Å². The summed E-state index contributed by atoms with van der Waals surface area (Å²) >= 11 is 0. The number of rotatable bonds is 2. The first-order chi connectivity index (χ1) is 9.58. The zero-order valence-electron chi connectivity index (χ0n) is 12.0. The Balaban J connectivity index is 1.76. The van der Waals surface area contributed by atoms with Crippen LogP contribution in [0.15, 0.2) is 0 Å². The third kappa shape index (κ3) is 2.50. The van der Waals surface area contributed by atoms with Crippen LogP contribution in [0.5, 0.6) is 0 Å².